The summed E-state index contributed by atoms with van der Waals surface area (Å²) in [7, 11) is 0. The molecule has 2 nitrogen and oxygen atoms in total. The summed E-state index contributed by atoms with van der Waals surface area (Å²) in [5.41, 5.74) is 6.82. The van der Waals surface area contributed by atoms with Gasteiger partial charge in [0.25, 0.3) is 0 Å². The van der Waals surface area contributed by atoms with Crippen molar-refractivity contribution in [3.8, 4) is 0 Å². The zero-order chi connectivity index (χ0) is 20.3. The fourth-order valence-electron chi connectivity index (χ4n) is 5.26. The molecule has 0 spiro atoms. The van der Waals surface area contributed by atoms with Crippen LogP contribution in [0, 0.1) is 12.8 Å². The van der Waals surface area contributed by atoms with Gasteiger partial charge in [-0.2, -0.15) is 0 Å². The number of hydrogen-bond acceptors (Lipinski definition) is 2. The standard InChI is InChI=1S/C28H30N2/c1-21-12-14-22(15-13-21)20-29-27-25-16-18-30(19-17-25)28(27)26(23-8-4-2-5-9-23)24-10-6-3-7-11-24/h2-15,25-26,28H,16-20H2,1H3. The number of piperidine rings is 3. The minimum absolute atomic E-state index is 0.326. The van der Waals surface area contributed by atoms with Crippen LogP contribution in [-0.2, 0) is 6.54 Å². The molecule has 0 saturated carbocycles. The zero-order valence-electron chi connectivity index (χ0n) is 17.7. The summed E-state index contributed by atoms with van der Waals surface area (Å²) in [6, 6.07) is 31.3. The second-order valence-corrected chi connectivity index (χ2v) is 8.78. The van der Waals surface area contributed by atoms with E-state index in [1.165, 1.54) is 53.9 Å². The highest BCUT2D eigenvalue weighted by Crippen LogP contribution is 2.40. The fourth-order valence-corrected chi connectivity index (χ4v) is 5.26. The van der Waals surface area contributed by atoms with Gasteiger partial charge in [0, 0.05) is 17.5 Å². The minimum atomic E-state index is 0.326. The van der Waals surface area contributed by atoms with Crippen LogP contribution >= 0.6 is 0 Å². The predicted molar refractivity (Wildman–Crippen MR) is 125 cm³/mol. The molecule has 6 rings (SSSR count). The second-order valence-electron chi connectivity index (χ2n) is 8.78. The van der Waals surface area contributed by atoms with E-state index in [0.717, 1.165) is 6.54 Å². The smallest absolute Gasteiger partial charge is 0.0639 e. The van der Waals surface area contributed by atoms with E-state index in [1.54, 1.807) is 0 Å². The number of aryl methyl sites for hydroxylation is 1. The average Bonchev–Trinajstić information content (AvgIpc) is 2.82. The molecule has 0 radical (unpaired) electrons. The third-order valence-electron chi connectivity index (χ3n) is 6.84. The number of fused-ring (bicyclic) bond motifs is 3. The Bertz CT molecular complexity index is 944. The van der Waals surface area contributed by atoms with Crippen molar-refractivity contribution in [3.63, 3.8) is 0 Å². The summed E-state index contributed by atoms with van der Waals surface area (Å²) in [4.78, 5) is 7.99. The van der Waals surface area contributed by atoms with Crippen LogP contribution in [0.2, 0.25) is 0 Å². The van der Waals surface area contributed by atoms with Crippen molar-refractivity contribution in [3.05, 3.63) is 107 Å². The van der Waals surface area contributed by atoms with Gasteiger partial charge >= 0.3 is 0 Å². The highest BCUT2D eigenvalue weighted by atomic mass is 15.2. The molecular formula is C28H30N2. The molecule has 3 saturated heterocycles. The Morgan fingerprint density at radius 2 is 1.37 bits per heavy atom. The summed E-state index contributed by atoms with van der Waals surface area (Å²) in [5.74, 6) is 0.952. The largest absolute Gasteiger partial charge is 0.294 e. The van der Waals surface area contributed by atoms with E-state index in [1.807, 2.05) is 0 Å². The zero-order valence-corrected chi connectivity index (χ0v) is 17.7. The van der Waals surface area contributed by atoms with E-state index in [4.69, 9.17) is 4.99 Å². The van der Waals surface area contributed by atoms with Crippen molar-refractivity contribution in [2.75, 3.05) is 13.1 Å². The van der Waals surface area contributed by atoms with Crippen molar-refractivity contribution in [2.24, 2.45) is 10.9 Å². The van der Waals surface area contributed by atoms with Crippen molar-refractivity contribution in [1.82, 2.24) is 4.90 Å². The molecule has 152 valence electrons. The Kier molecular flexibility index (Phi) is 5.50. The second kappa shape index (κ2) is 8.57. The van der Waals surface area contributed by atoms with Crippen LogP contribution < -0.4 is 0 Å². The van der Waals surface area contributed by atoms with Crippen molar-refractivity contribution < 1.29 is 0 Å². The van der Waals surface area contributed by atoms with Gasteiger partial charge in [0.05, 0.1) is 12.6 Å². The van der Waals surface area contributed by atoms with E-state index in [2.05, 4.69) is 96.8 Å². The maximum Gasteiger partial charge on any atom is 0.0639 e. The van der Waals surface area contributed by atoms with Crippen LogP contribution in [-0.4, -0.2) is 29.7 Å². The first-order valence-corrected chi connectivity index (χ1v) is 11.2. The Morgan fingerprint density at radius 3 is 1.93 bits per heavy atom. The molecule has 1 unspecified atom stereocenters. The summed E-state index contributed by atoms with van der Waals surface area (Å²) >= 11 is 0. The van der Waals surface area contributed by atoms with Gasteiger partial charge in [0.1, 0.15) is 0 Å². The predicted octanol–water partition coefficient (Wildman–Crippen LogP) is 5.86. The van der Waals surface area contributed by atoms with Gasteiger partial charge in [-0.1, -0.05) is 90.5 Å². The number of hydrogen-bond donors (Lipinski definition) is 0. The normalized spacial score (nSPS) is 24.5. The van der Waals surface area contributed by atoms with Crippen LogP contribution in [0.5, 0.6) is 0 Å². The van der Waals surface area contributed by atoms with E-state index in [9.17, 15) is 0 Å². The molecule has 0 amide bonds. The van der Waals surface area contributed by atoms with Gasteiger partial charge in [-0.15, -0.1) is 0 Å². The van der Waals surface area contributed by atoms with E-state index in [-0.39, 0.29) is 0 Å². The van der Waals surface area contributed by atoms with Crippen LogP contribution in [0.4, 0.5) is 0 Å². The van der Waals surface area contributed by atoms with Gasteiger partial charge < -0.3 is 0 Å². The Labute approximate surface area is 180 Å². The van der Waals surface area contributed by atoms with E-state index < -0.39 is 0 Å². The maximum atomic E-state index is 5.29. The Balaban J connectivity index is 1.55. The minimum Gasteiger partial charge on any atom is -0.294 e. The van der Waals surface area contributed by atoms with E-state index in [0.29, 0.717) is 17.9 Å². The first-order chi connectivity index (χ1) is 14.8. The van der Waals surface area contributed by atoms with Crippen molar-refractivity contribution in [1.29, 1.82) is 0 Å². The molecule has 1 atom stereocenters. The summed E-state index contributed by atoms with van der Waals surface area (Å²) < 4.78 is 0. The SMILES string of the molecule is Cc1ccc(CN=C2C3CCN(CC3)C2C(c2ccccc2)c2ccccc2)cc1. The Hall–Kier alpha value is -2.71. The molecule has 3 heterocycles. The molecule has 3 fully saturated rings. The summed E-state index contributed by atoms with van der Waals surface area (Å²) in [6.45, 7) is 5.31. The molecule has 2 heteroatoms. The highest BCUT2D eigenvalue weighted by molar-refractivity contribution is 5.94. The molecule has 3 aliphatic rings. The van der Waals surface area contributed by atoms with Gasteiger partial charge in [-0.05, 0) is 49.5 Å². The van der Waals surface area contributed by atoms with Crippen LogP contribution in [0.3, 0.4) is 0 Å². The average molecular weight is 395 g/mol. The number of nitrogens with zero attached hydrogens (tertiary/aromatic N) is 2. The van der Waals surface area contributed by atoms with Crippen LogP contribution in [0.25, 0.3) is 0 Å². The molecule has 3 aromatic rings. The van der Waals surface area contributed by atoms with Gasteiger partial charge in [-0.3, -0.25) is 9.89 Å². The summed E-state index contributed by atoms with van der Waals surface area (Å²) in [6.07, 6.45) is 2.50. The number of aliphatic imine (C=N–C) groups is 1. The molecule has 3 aromatic carbocycles. The van der Waals surface area contributed by atoms with Gasteiger partial charge in [-0.25, -0.2) is 0 Å². The van der Waals surface area contributed by atoms with Crippen molar-refractivity contribution >= 4 is 5.71 Å². The van der Waals surface area contributed by atoms with E-state index >= 15 is 0 Å². The number of benzene rings is 3. The molecule has 2 bridgehead atoms. The summed E-state index contributed by atoms with van der Waals surface area (Å²) in [5, 5.41) is 0. The first-order valence-electron chi connectivity index (χ1n) is 11.2. The molecule has 0 aromatic heterocycles. The highest BCUT2D eigenvalue weighted by Gasteiger charge is 2.43. The molecule has 0 aliphatic carbocycles. The van der Waals surface area contributed by atoms with Crippen molar-refractivity contribution in [2.45, 2.75) is 38.3 Å². The van der Waals surface area contributed by atoms with Crippen LogP contribution in [0.15, 0.2) is 89.9 Å². The Morgan fingerprint density at radius 1 is 0.800 bits per heavy atom. The third-order valence-corrected chi connectivity index (χ3v) is 6.84. The molecule has 3 aliphatic heterocycles. The maximum absolute atomic E-state index is 5.29. The first kappa shape index (κ1) is 19.3. The lowest BCUT2D eigenvalue weighted by atomic mass is 9.72. The topological polar surface area (TPSA) is 15.6 Å². The monoisotopic (exact) mass is 394 g/mol. The lowest BCUT2D eigenvalue weighted by Gasteiger charge is -2.49. The lowest BCUT2D eigenvalue weighted by Crippen LogP contribution is -2.58. The fraction of sp³-hybridized carbons (Fsp3) is 0.321. The molecule has 30 heavy (non-hydrogen) atoms. The van der Waals surface area contributed by atoms with Gasteiger partial charge in [0.2, 0.25) is 0 Å². The number of rotatable bonds is 5. The molecule has 0 N–H and O–H groups in total. The third kappa shape index (κ3) is 3.85. The van der Waals surface area contributed by atoms with Gasteiger partial charge in [0.15, 0.2) is 0 Å². The van der Waals surface area contributed by atoms with Crippen LogP contribution in [0.1, 0.15) is 41.0 Å². The molecular weight excluding hydrogens is 364 g/mol. The quantitative estimate of drug-likeness (QED) is 0.529. The lowest BCUT2D eigenvalue weighted by molar-refractivity contribution is 0.135.